The maximum atomic E-state index is 13.2. The number of rotatable bonds is 5. The summed E-state index contributed by atoms with van der Waals surface area (Å²) in [6.07, 6.45) is -0.393. The maximum absolute atomic E-state index is 13.2. The molecule has 2 N–H and O–H groups in total. The van der Waals surface area contributed by atoms with Crippen molar-refractivity contribution in [2.75, 3.05) is 0 Å². The lowest BCUT2D eigenvalue weighted by Gasteiger charge is -2.30. The topological polar surface area (TPSA) is 83.5 Å². The van der Waals surface area contributed by atoms with Gasteiger partial charge < -0.3 is 5.11 Å². The number of nitrogens with one attached hydrogen (secondary N) is 1. The molecule has 0 aliphatic heterocycles. The van der Waals surface area contributed by atoms with Crippen LogP contribution in [0.3, 0.4) is 0 Å². The summed E-state index contributed by atoms with van der Waals surface area (Å²) in [7, 11) is -4.13. The molecule has 0 radical (unpaired) electrons. The number of hydrogen-bond donors (Lipinski definition) is 2. The Morgan fingerprint density at radius 3 is 2.48 bits per heavy atom. The first-order chi connectivity index (χ1) is 9.43. The summed E-state index contributed by atoms with van der Waals surface area (Å²) in [5.41, 5.74) is -0.634. The van der Waals surface area contributed by atoms with Crippen LogP contribution in [-0.2, 0) is 14.8 Å². The highest BCUT2D eigenvalue weighted by Gasteiger charge is 2.32. The van der Waals surface area contributed by atoms with E-state index in [0.29, 0.717) is 0 Å². The first-order valence-corrected chi connectivity index (χ1v) is 7.99. The number of sulfonamides is 1. The van der Waals surface area contributed by atoms with Crippen molar-refractivity contribution in [2.45, 2.75) is 38.1 Å². The first-order valence-electron chi connectivity index (χ1n) is 6.12. The van der Waals surface area contributed by atoms with Gasteiger partial charge in [-0.3, -0.25) is 4.79 Å². The van der Waals surface area contributed by atoms with Crippen LogP contribution in [0.5, 0.6) is 0 Å². The molecular formula is C13H17ClFNO4S. The van der Waals surface area contributed by atoms with E-state index in [1.807, 2.05) is 0 Å². The minimum absolute atomic E-state index is 0.133. The SMILES string of the molecule is CC(C)(C)C(CC(=O)O)NS(=O)(=O)c1cc(F)ccc1Cl. The minimum Gasteiger partial charge on any atom is -0.481 e. The van der Waals surface area contributed by atoms with Crippen molar-refractivity contribution in [3.63, 3.8) is 0 Å². The average Bonchev–Trinajstić information content (AvgIpc) is 2.29. The van der Waals surface area contributed by atoms with E-state index in [4.69, 9.17) is 16.7 Å². The summed E-state index contributed by atoms with van der Waals surface area (Å²) < 4.78 is 40.1. The molecule has 1 atom stereocenters. The molecule has 118 valence electrons. The van der Waals surface area contributed by atoms with E-state index < -0.39 is 44.6 Å². The van der Waals surface area contributed by atoms with Crippen LogP contribution < -0.4 is 4.72 Å². The molecule has 1 rings (SSSR count). The predicted octanol–water partition coefficient (Wildman–Crippen LogP) is 2.65. The minimum atomic E-state index is -4.13. The first kappa shape index (κ1) is 17.9. The lowest BCUT2D eigenvalue weighted by molar-refractivity contribution is -0.138. The zero-order chi connectivity index (χ0) is 16.4. The smallest absolute Gasteiger partial charge is 0.304 e. The molecular weight excluding hydrogens is 321 g/mol. The summed E-state index contributed by atoms with van der Waals surface area (Å²) in [6, 6.07) is 2.11. The van der Waals surface area contributed by atoms with Gasteiger partial charge in [-0.15, -0.1) is 0 Å². The molecule has 1 unspecified atom stereocenters. The molecule has 8 heteroatoms. The Bertz CT molecular complexity index is 640. The number of hydrogen-bond acceptors (Lipinski definition) is 3. The van der Waals surface area contributed by atoms with Gasteiger partial charge in [0.25, 0.3) is 0 Å². The van der Waals surface area contributed by atoms with E-state index in [-0.39, 0.29) is 5.02 Å². The Morgan fingerprint density at radius 1 is 1.43 bits per heavy atom. The van der Waals surface area contributed by atoms with Gasteiger partial charge in [0.15, 0.2) is 0 Å². The second-order valence-corrected chi connectivity index (χ2v) is 7.80. The second-order valence-electron chi connectivity index (χ2n) is 5.71. The van der Waals surface area contributed by atoms with Crippen molar-refractivity contribution in [3.8, 4) is 0 Å². The van der Waals surface area contributed by atoms with Crippen LogP contribution in [0.1, 0.15) is 27.2 Å². The van der Waals surface area contributed by atoms with Gasteiger partial charge >= 0.3 is 5.97 Å². The van der Waals surface area contributed by atoms with E-state index in [1.165, 1.54) is 0 Å². The summed E-state index contributed by atoms with van der Waals surface area (Å²) in [4.78, 5) is 10.5. The van der Waals surface area contributed by atoms with Gasteiger partial charge in [-0.2, -0.15) is 0 Å². The van der Waals surface area contributed by atoms with Crippen molar-refractivity contribution in [2.24, 2.45) is 5.41 Å². The van der Waals surface area contributed by atoms with Gasteiger partial charge in [0.1, 0.15) is 10.7 Å². The number of carboxylic acids is 1. The Kier molecular flexibility index (Phi) is 5.35. The maximum Gasteiger partial charge on any atom is 0.304 e. The largest absolute Gasteiger partial charge is 0.481 e. The molecule has 0 aliphatic rings. The van der Waals surface area contributed by atoms with E-state index in [0.717, 1.165) is 18.2 Å². The highest BCUT2D eigenvalue weighted by Crippen LogP contribution is 2.27. The van der Waals surface area contributed by atoms with Crippen molar-refractivity contribution >= 4 is 27.6 Å². The van der Waals surface area contributed by atoms with Crippen molar-refractivity contribution < 1.29 is 22.7 Å². The number of halogens is 2. The standard InChI is InChI=1S/C13H17ClFNO4S/c1-13(2,3)11(7-12(17)18)16-21(19,20)10-6-8(15)4-5-9(10)14/h4-6,11,16H,7H2,1-3H3,(H,17,18). The third-order valence-electron chi connectivity index (χ3n) is 2.90. The summed E-state index contributed by atoms with van der Waals surface area (Å²) >= 11 is 5.78. The molecule has 1 aromatic rings. The fourth-order valence-corrected chi connectivity index (χ4v) is 3.59. The molecule has 0 amide bonds. The van der Waals surface area contributed by atoms with E-state index in [2.05, 4.69) is 4.72 Å². The monoisotopic (exact) mass is 337 g/mol. The Balaban J connectivity index is 3.17. The number of carbonyl (C=O) groups is 1. The Labute approximate surface area is 128 Å². The zero-order valence-corrected chi connectivity index (χ0v) is 13.4. The highest BCUT2D eigenvalue weighted by molar-refractivity contribution is 7.89. The number of benzene rings is 1. The van der Waals surface area contributed by atoms with Crippen molar-refractivity contribution in [1.82, 2.24) is 4.72 Å². The summed E-state index contributed by atoms with van der Waals surface area (Å²) in [5, 5.41) is 8.76. The van der Waals surface area contributed by atoms with Gasteiger partial charge in [-0.25, -0.2) is 17.5 Å². The molecule has 21 heavy (non-hydrogen) atoms. The molecule has 0 bridgehead atoms. The molecule has 0 spiro atoms. The van der Waals surface area contributed by atoms with Crippen molar-refractivity contribution in [3.05, 3.63) is 29.0 Å². The van der Waals surface area contributed by atoms with Crippen molar-refractivity contribution in [1.29, 1.82) is 0 Å². The highest BCUT2D eigenvalue weighted by atomic mass is 35.5. The third-order valence-corrected chi connectivity index (χ3v) is 4.86. The molecule has 0 fully saturated rings. The Hall–Kier alpha value is -1.18. The molecule has 0 saturated carbocycles. The second kappa shape index (κ2) is 6.29. The summed E-state index contributed by atoms with van der Waals surface area (Å²) in [5.74, 6) is -1.88. The fourth-order valence-electron chi connectivity index (χ4n) is 1.63. The molecule has 5 nitrogen and oxygen atoms in total. The molecule has 1 aromatic carbocycles. The van der Waals surface area contributed by atoms with Gasteiger partial charge in [0.2, 0.25) is 10.0 Å². The lowest BCUT2D eigenvalue weighted by atomic mass is 9.85. The average molecular weight is 338 g/mol. The van der Waals surface area contributed by atoms with Crippen LogP contribution in [0.25, 0.3) is 0 Å². The fraction of sp³-hybridized carbons (Fsp3) is 0.462. The van der Waals surface area contributed by atoms with Crippen LogP contribution >= 0.6 is 11.6 Å². The Morgan fingerprint density at radius 2 is 2.00 bits per heavy atom. The third kappa shape index (κ3) is 4.94. The number of carboxylic acid groups (broad SMARTS) is 1. The van der Waals surface area contributed by atoms with Crippen LogP contribution in [-0.4, -0.2) is 25.5 Å². The normalized spacial score (nSPS) is 14.0. The molecule has 0 heterocycles. The summed E-state index contributed by atoms with van der Waals surface area (Å²) in [6.45, 7) is 5.11. The van der Waals surface area contributed by atoms with Crippen LogP contribution in [0.15, 0.2) is 23.1 Å². The van der Waals surface area contributed by atoms with E-state index in [1.54, 1.807) is 20.8 Å². The molecule has 0 aromatic heterocycles. The van der Waals surface area contributed by atoms with Gasteiger partial charge in [-0.1, -0.05) is 32.4 Å². The molecule has 0 saturated heterocycles. The van der Waals surface area contributed by atoms with Crippen LogP contribution in [0.2, 0.25) is 5.02 Å². The quantitative estimate of drug-likeness (QED) is 0.865. The lowest BCUT2D eigenvalue weighted by Crippen LogP contribution is -2.45. The molecule has 0 aliphatic carbocycles. The van der Waals surface area contributed by atoms with Crippen LogP contribution in [0.4, 0.5) is 4.39 Å². The van der Waals surface area contributed by atoms with Crippen LogP contribution in [0, 0.1) is 11.2 Å². The number of aliphatic carboxylic acids is 1. The van der Waals surface area contributed by atoms with Gasteiger partial charge in [0, 0.05) is 6.04 Å². The van der Waals surface area contributed by atoms with E-state index in [9.17, 15) is 17.6 Å². The van der Waals surface area contributed by atoms with Gasteiger partial charge in [-0.05, 0) is 23.6 Å². The zero-order valence-electron chi connectivity index (χ0n) is 11.9. The van der Waals surface area contributed by atoms with Gasteiger partial charge in [0.05, 0.1) is 11.4 Å². The predicted molar refractivity (Wildman–Crippen MR) is 77.2 cm³/mol. The van der Waals surface area contributed by atoms with E-state index >= 15 is 0 Å².